The Bertz CT molecular complexity index is 836. The summed E-state index contributed by atoms with van der Waals surface area (Å²) in [5, 5.41) is 6.15. The molecule has 186 valence electrons. The van der Waals surface area contributed by atoms with Gasteiger partial charge < -0.3 is 20.4 Å². The van der Waals surface area contributed by atoms with Crippen molar-refractivity contribution in [3.8, 4) is 0 Å². The number of benzene rings is 1. The van der Waals surface area contributed by atoms with Crippen LogP contribution in [0.5, 0.6) is 0 Å². The second-order valence-corrected chi connectivity index (χ2v) is 10.4. The Morgan fingerprint density at radius 1 is 1.06 bits per heavy atom. The predicted molar refractivity (Wildman–Crippen MR) is 136 cm³/mol. The van der Waals surface area contributed by atoms with Gasteiger partial charge in [0.15, 0.2) is 0 Å². The van der Waals surface area contributed by atoms with Gasteiger partial charge in [0.05, 0.1) is 12.1 Å². The van der Waals surface area contributed by atoms with Crippen molar-refractivity contribution >= 4 is 11.8 Å². The summed E-state index contributed by atoms with van der Waals surface area (Å²) >= 11 is 0. The largest absolute Gasteiger partial charge is 0.343 e. The lowest BCUT2D eigenvalue weighted by Crippen LogP contribution is -2.57. The number of carbonyl (C=O) groups is 2. The summed E-state index contributed by atoms with van der Waals surface area (Å²) in [7, 11) is 1.78. The number of fused-ring (bicyclic) bond motifs is 1. The van der Waals surface area contributed by atoms with Crippen molar-refractivity contribution in [1.82, 2.24) is 20.4 Å². The number of likely N-dealkylation sites (tertiary alicyclic amines) is 1. The lowest BCUT2D eigenvalue weighted by atomic mass is 9.83. The van der Waals surface area contributed by atoms with Gasteiger partial charge in [-0.3, -0.25) is 9.59 Å². The second-order valence-electron chi connectivity index (χ2n) is 10.4. The molecule has 6 heteroatoms. The average Bonchev–Trinajstić information content (AvgIpc) is 3.16. The molecule has 0 bridgehead atoms. The second kappa shape index (κ2) is 12.0. The number of amides is 2. The van der Waals surface area contributed by atoms with Gasteiger partial charge in [0.25, 0.3) is 0 Å². The molecule has 4 atom stereocenters. The van der Waals surface area contributed by atoms with Crippen LogP contribution in [0.15, 0.2) is 42.6 Å². The van der Waals surface area contributed by atoms with Gasteiger partial charge in [-0.25, -0.2) is 0 Å². The fourth-order valence-corrected chi connectivity index (χ4v) is 5.86. The van der Waals surface area contributed by atoms with E-state index in [0.29, 0.717) is 5.92 Å². The minimum absolute atomic E-state index is 0.0808. The molecule has 1 aromatic carbocycles. The third kappa shape index (κ3) is 6.08. The smallest absolute Gasteiger partial charge is 0.249 e. The van der Waals surface area contributed by atoms with Crippen molar-refractivity contribution in [2.24, 2.45) is 11.8 Å². The van der Waals surface area contributed by atoms with Crippen LogP contribution in [0.2, 0.25) is 0 Å². The van der Waals surface area contributed by atoms with E-state index >= 15 is 0 Å². The Kier molecular flexibility index (Phi) is 8.79. The first-order chi connectivity index (χ1) is 16.6. The molecule has 1 aromatic rings. The highest BCUT2D eigenvalue weighted by Gasteiger charge is 2.41. The average molecular weight is 467 g/mol. The van der Waals surface area contributed by atoms with Crippen molar-refractivity contribution < 1.29 is 9.59 Å². The molecule has 1 saturated carbocycles. The van der Waals surface area contributed by atoms with E-state index in [0.717, 1.165) is 64.6 Å². The lowest BCUT2D eigenvalue weighted by Gasteiger charge is -2.37. The van der Waals surface area contributed by atoms with E-state index in [1.54, 1.807) is 7.05 Å². The van der Waals surface area contributed by atoms with Gasteiger partial charge in [0.2, 0.25) is 11.8 Å². The van der Waals surface area contributed by atoms with Crippen molar-refractivity contribution in [1.29, 1.82) is 0 Å². The Morgan fingerprint density at radius 3 is 2.56 bits per heavy atom. The molecule has 0 aromatic heterocycles. The molecule has 2 N–H and O–H groups in total. The van der Waals surface area contributed by atoms with E-state index in [1.807, 2.05) is 18.0 Å². The van der Waals surface area contributed by atoms with Gasteiger partial charge in [-0.05, 0) is 64.1 Å². The standard InChI is InChI=1S/C28H42N4O2/c1-21(29-2)27(33)30-26(24-12-7-4-8-13-24)28(34)32-19-16-23-14-9-17-31(20-25(23)32)18-15-22-10-5-3-6-11-22/h3,5-6,10-11,16,19,21,23-26,29H,4,7-9,12-15,17-18,20H2,1-2H3,(H,30,33). The number of nitrogens with one attached hydrogen (secondary N) is 2. The molecule has 2 aliphatic heterocycles. The number of hydrogen-bond donors (Lipinski definition) is 2. The van der Waals surface area contributed by atoms with Crippen LogP contribution >= 0.6 is 0 Å². The van der Waals surface area contributed by atoms with E-state index in [4.69, 9.17) is 0 Å². The van der Waals surface area contributed by atoms with Crippen molar-refractivity contribution in [2.75, 3.05) is 26.7 Å². The first kappa shape index (κ1) is 24.9. The van der Waals surface area contributed by atoms with Gasteiger partial charge in [0.1, 0.15) is 6.04 Å². The molecule has 1 saturated heterocycles. The quantitative estimate of drug-likeness (QED) is 0.617. The van der Waals surface area contributed by atoms with Crippen LogP contribution < -0.4 is 10.6 Å². The van der Waals surface area contributed by atoms with Crippen LogP contribution in [-0.2, 0) is 16.0 Å². The Hall–Kier alpha value is -2.18. The zero-order valence-corrected chi connectivity index (χ0v) is 20.9. The number of carbonyl (C=O) groups excluding carboxylic acids is 2. The van der Waals surface area contributed by atoms with Gasteiger partial charge in [-0.1, -0.05) is 55.7 Å². The van der Waals surface area contributed by atoms with Crippen molar-refractivity contribution in [3.05, 3.63) is 48.2 Å². The minimum Gasteiger partial charge on any atom is -0.343 e. The monoisotopic (exact) mass is 466 g/mol. The van der Waals surface area contributed by atoms with Crippen LogP contribution in [0.25, 0.3) is 0 Å². The molecule has 0 spiro atoms. The van der Waals surface area contributed by atoms with E-state index in [-0.39, 0.29) is 29.8 Å². The third-order valence-corrected chi connectivity index (χ3v) is 8.13. The highest BCUT2D eigenvalue weighted by Crippen LogP contribution is 2.33. The van der Waals surface area contributed by atoms with Crippen molar-refractivity contribution in [3.63, 3.8) is 0 Å². The number of rotatable bonds is 8. The van der Waals surface area contributed by atoms with Gasteiger partial charge in [0, 0.05) is 25.2 Å². The number of likely N-dealkylation sites (N-methyl/N-ethyl adjacent to an activating group) is 1. The first-order valence-corrected chi connectivity index (χ1v) is 13.3. The van der Waals surface area contributed by atoms with Crippen molar-refractivity contribution in [2.45, 2.75) is 76.4 Å². The minimum atomic E-state index is -0.437. The molecule has 4 rings (SSSR count). The maximum Gasteiger partial charge on any atom is 0.249 e. The van der Waals surface area contributed by atoms with Crippen LogP contribution in [-0.4, -0.2) is 66.4 Å². The van der Waals surface area contributed by atoms with Crippen LogP contribution in [0.1, 0.15) is 57.4 Å². The predicted octanol–water partition coefficient (Wildman–Crippen LogP) is 3.34. The van der Waals surface area contributed by atoms with E-state index in [1.165, 1.54) is 12.0 Å². The molecular formula is C28H42N4O2. The van der Waals surface area contributed by atoms with E-state index in [9.17, 15) is 9.59 Å². The van der Waals surface area contributed by atoms with Crippen LogP contribution in [0.4, 0.5) is 0 Å². The summed E-state index contributed by atoms with van der Waals surface area (Å²) in [4.78, 5) is 31.3. The summed E-state index contributed by atoms with van der Waals surface area (Å²) in [6.45, 7) is 4.84. The highest BCUT2D eigenvalue weighted by atomic mass is 16.2. The van der Waals surface area contributed by atoms with E-state index in [2.05, 4.69) is 51.9 Å². The third-order valence-electron chi connectivity index (χ3n) is 8.13. The lowest BCUT2D eigenvalue weighted by molar-refractivity contribution is -0.138. The molecule has 2 heterocycles. The fraction of sp³-hybridized carbons (Fsp3) is 0.643. The van der Waals surface area contributed by atoms with E-state index < -0.39 is 6.04 Å². The first-order valence-electron chi connectivity index (χ1n) is 13.3. The Labute approximate surface area is 205 Å². The molecule has 6 nitrogen and oxygen atoms in total. The Balaban J connectivity index is 1.45. The topological polar surface area (TPSA) is 64.7 Å². The zero-order chi connectivity index (χ0) is 23.9. The number of nitrogens with zero attached hydrogens (tertiary/aromatic N) is 2. The molecule has 3 aliphatic rings. The fourth-order valence-electron chi connectivity index (χ4n) is 5.86. The number of hydrogen-bond acceptors (Lipinski definition) is 4. The molecule has 2 fully saturated rings. The summed E-state index contributed by atoms with van der Waals surface area (Å²) < 4.78 is 0. The summed E-state index contributed by atoms with van der Waals surface area (Å²) in [5.41, 5.74) is 1.36. The maximum absolute atomic E-state index is 14.0. The normalized spacial score (nSPS) is 25.4. The molecule has 4 unspecified atom stereocenters. The van der Waals surface area contributed by atoms with Crippen LogP contribution in [0, 0.1) is 11.8 Å². The highest BCUT2D eigenvalue weighted by molar-refractivity contribution is 5.90. The van der Waals surface area contributed by atoms with Gasteiger partial charge in [-0.15, -0.1) is 0 Å². The summed E-state index contributed by atoms with van der Waals surface area (Å²) in [6.07, 6.45) is 13.1. The van der Waals surface area contributed by atoms with Gasteiger partial charge >= 0.3 is 0 Å². The molecular weight excluding hydrogens is 424 g/mol. The molecule has 0 radical (unpaired) electrons. The Morgan fingerprint density at radius 2 is 1.82 bits per heavy atom. The summed E-state index contributed by atoms with van der Waals surface area (Å²) in [5.74, 6) is 0.625. The SMILES string of the molecule is CNC(C)C(=O)NC(C(=O)N1C=CC2CCCN(CCc3ccccc3)CC21)C1CCCCC1. The molecule has 2 amide bonds. The summed E-state index contributed by atoms with van der Waals surface area (Å²) in [6, 6.07) is 10.1. The molecule has 34 heavy (non-hydrogen) atoms. The zero-order valence-electron chi connectivity index (χ0n) is 20.9. The molecule has 1 aliphatic carbocycles. The van der Waals surface area contributed by atoms with Gasteiger partial charge in [-0.2, -0.15) is 0 Å². The van der Waals surface area contributed by atoms with Crippen LogP contribution in [0.3, 0.4) is 0 Å². The maximum atomic E-state index is 14.0.